The maximum absolute atomic E-state index is 10.7. The summed E-state index contributed by atoms with van der Waals surface area (Å²) < 4.78 is 0. The van der Waals surface area contributed by atoms with Crippen molar-refractivity contribution in [1.82, 2.24) is 0 Å². The Morgan fingerprint density at radius 2 is 2.09 bits per heavy atom. The van der Waals surface area contributed by atoms with E-state index < -0.39 is 5.97 Å². The zero-order valence-electron chi connectivity index (χ0n) is 6.74. The van der Waals surface area contributed by atoms with E-state index in [1.165, 1.54) is 0 Å². The first kappa shape index (κ1) is 8.05. The highest BCUT2D eigenvalue weighted by Gasteiger charge is 2.31. The zero-order chi connectivity index (χ0) is 8.48. The van der Waals surface area contributed by atoms with Crippen LogP contribution in [-0.2, 0) is 4.79 Å². The van der Waals surface area contributed by atoms with Crippen molar-refractivity contribution in [2.24, 2.45) is 11.3 Å². The van der Waals surface area contributed by atoms with E-state index in [2.05, 4.69) is 0 Å². The molecule has 1 N–H and O–H groups in total. The molecule has 0 aromatic heterocycles. The molecule has 1 aliphatic rings. The Kier molecular flexibility index (Phi) is 1.85. The normalized spacial score (nSPS) is 26.9. The molecule has 0 spiro atoms. The third-order valence-corrected chi connectivity index (χ3v) is 2.01. The number of hydrogen-bond acceptors (Lipinski definition) is 1. The number of rotatable bonds is 1. The Balaban J connectivity index is 2.89. The molecule has 0 saturated carbocycles. The quantitative estimate of drug-likeness (QED) is 0.622. The van der Waals surface area contributed by atoms with Gasteiger partial charge in [0, 0.05) is 0 Å². The molecule has 1 unspecified atom stereocenters. The van der Waals surface area contributed by atoms with E-state index in [4.69, 9.17) is 5.11 Å². The van der Waals surface area contributed by atoms with Crippen molar-refractivity contribution >= 4 is 5.97 Å². The number of carbonyl (C=O) groups is 1. The summed E-state index contributed by atoms with van der Waals surface area (Å²) in [5, 5.41) is 8.79. The van der Waals surface area contributed by atoms with Crippen molar-refractivity contribution in [3.63, 3.8) is 0 Å². The van der Waals surface area contributed by atoms with Gasteiger partial charge in [0.25, 0.3) is 0 Å². The van der Waals surface area contributed by atoms with Crippen LogP contribution in [0.25, 0.3) is 0 Å². The molecule has 60 valence electrons. The topological polar surface area (TPSA) is 37.3 Å². The summed E-state index contributed by atoms with van der Waals surface area (Å²) >= 11 is 0. The van der Waals surface area contributed by atoms with Gasteiger partial charge in [0.1, 0.15) is 0 Å². The highest BCUT2D eigenvalue weighted by molar-refractivity contribution is 5.74. The number of hydrogen-bond donors (Lipinski definition) is 1. The zero-order valence-corrected chi connectivity index (χ0v) is 6.74. The summed E-state index contributed by atoms with van der Waals surface area (Å²) in [6.07, 6.45) is 7.32. The van der Waals surface area contributed by atoms with Crippen molar-refractivity contribution < 1.29 is 9.90 Å². The Morgan fingerprint density at radius 1 is 1.45 bits per heavy atom. The van der Waals surface area contributed by atoms with Crippen LogP contribution < -0.4 is 0 Å². The lowest BCUT2D eigenvalue weighted by molar-refractivity contribution is -0.142. The van der Waals surface area contributed by atoms with E-state index in [-0.39, 0.29) is 11.3 Å². The molecule has 1 aliphatic carbocycles. The van der Waals surface area contributed by atoms with Crippen molar-refractivity contribution in [1.29, 1.82) is 0 Å². The van der Waals surface area contributed by atoms with Crippen LogP contribution in [0.1, 0.15) is 13.8 Å². The molecular weight excluding hydrogens is 140 g/mol. The Hall–Kier alpha value is -1.05. The predicted molar refractivity (Wildman–Crippen MR) is 43.2 cm³/mol. The largest absolute Gasteiger partial charge is 0.481 e. The fourth-order valence-corrected chi connectivity index (χ4v) is 1.23. The second-order valence-electron chi connectivity index (χ2n) is 3.38. The van der Waals surface area contributed by atoms with Gasteiger partial charge in [-0.05, 0) is 5.41 Å². The van der Waals surface area contributed by atoms with Crippen LogP contribution in [0.5, 0.6) is 0 Å². The van der Waals surface area contributed by atoms with Gasteiger partial charge >= 0.3 is 5.97 Å². The van der Waals surface area contributed by atoms with E-state index in [9.17, 15) is 4.79 Å². The second-order valence-corrected chi connectivity index (χ2v) is 3.38. The van der Waals surface area contributed by atoms with Gasteiger partial charge in [0.2, 0.25) is 0 Å². The van der Waals surface area contributed by atoms with Crippen molar-refractivity contribution in [2.75, 3.05) is 0 Å². The smallest absolute Gasteiger partial charge is 0.311 e. The lowest BCUT2D eigenvalue weighted by atomic mass is 9.76. The van der Waals surface area contributed by atoms with Crippen molar-refractivity contribution in [3.05, 3.63) is 24.3 Å². The van der Waals surface area contributed by atoms with Gasteiger partial charge in [-0.2, -0.15) is 0 Å². The third kappa shape index (κ3) is 1.50. The average Bonchev–Trinajstić information content (AvgIpc) is 1.85. The van der Waals surface area contributed by atoms with Crippen LogP contribution in [0, 0.1) is 11.3 Å². The number of aliphatic carboxylic acids is 1. The van der Waals surface area contributed by atoms with Crippen LogP contribution in [0.4, 0.5) is 0 Å². The first-order valence-corrected chi connectivity index (χ1v) is 3.63. The highest BCUT2D eigenvalue weighted by atomic mass is 16.4. The standard InChI is InChI=1S/C9H12O2/c1-9(2)6-4-3-5-7(9)8(10)11/h3-7H,1-2H3,(H,10,11). The lowest BCUT2D eigenvalue weighted by Crippen LogP contribution is -2.28. The maximum atomic E-state index is 10.7. The number of allylic oxidation sites excluding steroid dienone is 3. The molecule has 0 aromatic carbocycles. The average molecular weight is 152 g/mol. The molecule has 2 nitrogen and oxygen atoms in total. The fourth-order valence-electron chi connectivity index (χ4n) is 1.23. The summed E-state index contributed by atoms with van der Waals surface area (Å²) in [4.78, 5) is 10.7. The molecular formula is C9H12O2. The summed E-state index contributed by atoms with van der Waals surface area (Å²) in [6, 6.07) is 0. The molecule has 1 rings (SSSR count). The Labute approximate surface area is 66.2 Å². The maximum Gasteiger partial charge on any atom is 0.311 e. The van der Waals surface area contributed by atoms with Crippen LogP contribution in [0.15, 0.2) is 24.3 Å². The molecule has 0 fully saturated rings. The monoisotopic (exact) mass is 152 g/mol. The van der Waals surface area contributed by atoms with Gasteiger partial charge in [-0.15, -0.1) is 0 Å². The molecule has 0 aliphatic heterocycles. The first-order chi connectivity index (χ1) is 5.04. The molecule has 0 radical (unpaired) electrons. The van der Waals surface area contributed by atoms with Gasteiger partial charge in [-0.25, -0.2) is 0 Å². The van der Waals surface area contributed by atoms with Gasteiger partial charge in [0.05, 0.1) is 5.92 Å². The second kappa shape index (κ2) is 2.53. The molecule has 11 heavy (non-hydrogen) atoms. The lowest BCUT2D eigenvalue weighted by Gasteiger charge is -2.27. The van der Waals surface area contributed by atoms with E-state index in [1.807, 2.05) is 26.0 Å². The van der Waals surface area contributed by atoms with E-state index >= 15 is 0 Å². The highest BCUT2D eigenvalue weighted by Crippen LogP contribution is 2.32. The number of carboxylic acid groups (broad SMARTS) is 1. The van der Waals surface area contributed by atoms with E-state index in [0.717, 1.165) is 0 Å². The number of carboxylic acids is 1. The van der Waals surface area contributed by atoms with E-state index in [1.54, 1.807) is 12.2 Å². The predicted octanol–water partition coefficient (Wildman–Crippen LogP) is 1.84. The minimum absolute atomic E-state index is 0.249. The summed E-state index contributed by atoms with van der Waals surface area (Å²) in [7, 11) is 0. The summed E-state index contributed by atoms with van der Waals surface area (Å²) in [5.41, 5.74) is -0.249. The Morgan fingerprint density at radius 3 is 2.45 bits per heavy atom. The molecule has 0 bridgehead atoms. The van der Waals surface area contributed by atoms with Crippen molar-refractivity contribution in [3.8, 4) is 0 Å². The molecule has 1 atom stereocenters. The minimum Gasteiger partial charge on any atom is -0.481 e. The third-order valence-electron chi connectivity index (χ3n) is 2.01. The molecule has 2 heteroatoms. The van der Waals surface area contributed by atoms with E-state index in [0.29, 0.717) is 0 Å². The molecule has 0 heterocycles. The van der Waals surface area contributed by atoms with Crippen LogP contribution in [-0.4, -0.2) is 11.1 Å². The van der Waals surface area contributed by atoms with Gasteiger partial charge in [-0.1, -0.05) is 38.2 Å². The molecule has 0 amide bonds. The summed E-state index contributed by atoms with van der Waals surface area (Å²) in [5.74, 6) is -1.14. The van der Waals surface area contributed by atoms with Crippen molar-refractivity contribution in [2.45, 2.75) is 13.8 Å². The first-order valence-electron chi connectivity index (χ1n) is 3.63. The summed E-state index contributed by atoms with van der Waals surface area (Å²) in [6.45, 7) is 3.84. The fraction of sp³-hybridized carbons (Fsp3) is 0.444. The Bertz CT molecular complexity index is 224. The van der Waals surface area contributed by atoms with Gasteiger partial charge < -0.3 is 5.11 Å². The van der Waals surface area contributed by atoms with Crippen LogP contribution in [0.3, 0.4) is 0 Å². The molecule has 0 aromatic rings. The SMILES string of the molecule is CC1(C)C=CC=CC1C(=O)O. The van der Waals surface area contributed by atoms with Gasteiger partial charge in [-0.3, -0.25) is 4.79 Å². The van der Waals surface area contributed by atoms with Gasteiger partial charge in [0.15, 0.2) is 0 Å². The minimum atomic E-state index is -0.754. The molecule has 0 saturated heterocycles. The van der Waals surface area contributed by atoms with Crippen LogP contribution in [0.2, 0.25) is 0 Å². The van der Waals surface area contributed by atoms with Crippen LogP contribution >= 0.6 is 0 Å².